The van der Waals surface area contributed by atoms with Crippen molar-refractivity contribution in [2.75, 3.05) is 6.61 Å². The second-order valence-electron chi connectivity index (χ2n) is 4.24. The summed E-state index contributed by atoms with van der Waals surface area (Å²) in [7, 11) is 0. The molecule has 1 aliphatic rings. The van der Waals surface area contributed by atoms with Gasteiger partial charge in [0.25, 0.3) is 0 Å². The maximum atomic E-state index is 11.2. The van der Waals surface area contributed by atoms with E-state index < -0.39 is 11.6 Å². The van der Waals surface area contributed by atoms with Crippen molar-refractivity contribution in [3.05, 3.63) is 35.9 Å². The zero-order chi connectivity index (χ0) is 11.6. The minimum Gasteiger partial charge on any atom is -0.465 e. The molecule has 1 saturated carbocycles. The largest absolute Gasteiger partial charge is 0.465 e. The van der Waals surface area contributed by atoms with Gasteiger partial charge in [0.05, 0.1) is 12.1 Å². The molecule has 16 heavy (non-hydrogen) atoms. The molecule has 2 rings (SSSR count). The first kappa shape index (κ1) is 11.0. The average Bonchev–Trinajstić information content (AvgIpc) is 3.08. The summed E-state index contributed by atoms with van der Waals surface area (Å²) in [5.74, 6) is 0. The lowest BCUT2D eigenvalue weighted by Crippen LogP contribution is -2.43. The van der Waals surface area contributed by atoms with Crippen LogP contribution in [-0.2, 0) is 6.54 Å². The van der Waals surface area contributed by atoms with Crippen molar-refractivity contribution in [1.82, 2.24) is 4.90 Å². The summed E-state index contributed by atoms with van der Waals surface area (Å²) in [6.45, 7) is 0.253. The van der Waals surface area contributed by atoms with Gasteiger partial charge in [0.15, 0.2) is 0 Å². The van der Waals surface area contributed by atoms with Crippen LogP contribution in [0.3, 0.4) is 0 Å². The SMILES string of the molecule is O=C(O)N(Cc1ccccc1)C1(CO)CC1. The molecule has 1 fully saturated rings. The molecule has 4 nitrogen and oxygen atoms in total. The van der Waals surface area contributed by atoms with Gasteiger partial charge in [-0.3, -0.25) is 4.90 Å². The fourth-order valence-electron chi connectivity index (χ4n) is 1.86. The van der Waals surface area contributed by atoms with Gasteiger partial charge in [-0.2, -0.15) is 0 Å². The van der Waals surface area contributed by atoms with E-state index in [0.29, 0.717) is 6.54 Å². The summed E-state index contributed by atoms with van der Waals surface area (Å²) in [4.78, 5) is 12.5. The molecular weight excluding hydrogens is 206 g/mol. The first-order chi connectivity index (χ1) is 7.68. The molecule has 0 atom stereocenters. The van der Waals surface area contributed by atoms with Crippen LogP contribution >= 0.6 is 0 Å². The lowest BCUT2D eigenvalue weighted by atomic mass is 10.1. The molecule has 0 bridgehead atoms. The van der Waals surface area contributed by atoms with E-state index in [1.54, 1.807) is 0 Å². The number of nitrogens with zero attached hydrogens (tertiary/aromatic N) is 1. The van der Waals surface area contributed by atoms with Gasteiger partial charge in [-0.05, 0) is 18.4 Å². The Bertz CT molecular complexity index is 373. The molecule has 0 unspecified atom stereocenters. The zero-order valence-corrected chi connectivity index (χ0v) is 8.97. The van der Waals surface area contributed by atoms with Gasteiger partial charge in [-0.1, -0.05) is 30.3 Å². The monoisotopic (exact) mass is 221 g/mol. The van der Waals surface area contributed by atoms with Crippen LogP contribution in [0.4, 0.5) is 4.79 Å². The molecule has 0 aromatic heterocycles. The van der Waals surface area contributed by atoms with E-state index in [2.05, 4.69) is 0 Å². The molecule has 1 amide bonds. The van der Waals surface area contributed by atoms with Gasteiger partial charge in [0.1, 0.15) is 0 Å². The Morgan fingerprint density at radius 2 is 1.94 bits per heavy atom. The number of rotatable bonds is 4. The highest BCUT2D eigenvalue weighted by Gasteiger charge is 2.49. The van der Waals surface area contributed by atoms with Crippen LogP contribution < -0.4 is 0 Å². The molecule has 4 heteroatoms. The molecular formula is C12H15NO3. The number of amides is 1. The van der Waals surface area contributed by atoms with Gasteiger partial charge >= 0.3 is 6.09 Å². The van der Waals surface area contributed by atoms with Crippen molar-refractivity contribution >= 4 is 6.09 Å². The van der Waals surface area contributed by atoms with Gasteiger partial charge in [-0.25, -0.2) is 4.79 Å². The zero-order valence-electron chi connectivity index (χ0n) is 8.97. The summed E-state index contributed by atoms with van der Waals surface area (Å²) in [5.41, 5.74) is 0.423. The Hall–Kier alpha value is -1.55. The van der Waals surface area contributed by atoms with Crippen molar-refractivity contribution in [1.29, 1.82) is 0 Å². The quantitative estimate of drug-likeness (QED) is 0.813. The van der Waals surface area contributed by atoms with Crippen LogP contribution in [0.15, 0.2) is 30.3 Å². The lowest BCUT2D eigenvalue weighted by Gasteiger charge is -2.27. The summed E-state index contributed by atoms with van der Waals surface area (Å²) in [6, 6.07) is 9.45. The Morgan fingerprint density at radius 3 is 2.38 bits per heavy atom. The second kappa shape index (κ2) is 4.14. The maximum absolute atomic E-state index is 11.2. The highest BCUT2D eigenvalue weighted by atomic mass is 16.4. The van der Waals surface area contributed by atoms with Crippen LogP contribution in [0.5, 0.6) is 0 Å². The maximum Gasteiger partial charge on any atom is 0.408 e. The van der Waals surface area contributed by atoms with Crippen LogP contribution in [0, 0.1) is 0 Å². The third-order valence-electron chi connectivity index (χ3n) is 3.11. The van der Waals surface area contributed by atoms with Crippen molar-refractivity contribution in [2.45, 2.75) is 24.9 Å². The number of hydrogen-bond acceptors (Lipinski definition) is 2. The first-order valence-electron chi connectivity index (χ1n) is 5.33. The smallest absolute Gasteiger partial charge is 0.408 e. The van der Waals surface area contributed by atoms with Gasteiger partial charge in [-0.15, -0.1) is 0 Å². The van der Waals surface area contributed by atoms with E-state index in [1.807, 2.05) is 30.3 Å². The Kier molecular flexibility index (Phi) is 2.83. The third kappa shape index (κ3) is 2.02. The summed E-state index contributed by atoms with van der Waals surface area (Å²) in [5, 5.41) is 18.4. The van der Waals surface area contributed by atoms with Gasteiger partial charge in [0.2, 0.25) is 0 Å². The van der Waals surface area contributed by atoms with Crippen LogP contribution in [0.1, 0.15) is 18.4 Å². The minimum atomic E-state index is -0.963. The van der Waals surface area contributed by atoms with Crippen LogP contribution in [0.2, 0.25) is 0 Å². The lowest BCUT2D eigenvalue weighted by molar-refractivity contribution is 0.0823. The Morgan fingerprint density at radius 1 is 1.31 bits per heavy atom. The van der Waals surface area contributed by atoms with E-state index in [1.165, 1.54) is 4.90 Å². The fraction of sp³-hybridized carbons (Fsp3) is 0.417. The number of benzene rings is 1. The third-order valence-corrected chi connectivity index (χ3v) is 3.11. The van der Waals surface area contributed by atoms with Crippen LogP contribution in [0.25, 0.3) is 0 Å². The number of carbonyl (C=O) groups is 1. The van der Waals surface area contributed by atoms with Crippen molar-refractivity contribution in [2.24, 2.45) is 0 Å². The summed E-state index contributed by atoms with van der Waals surface area (Å²) >= 11 is 0. The van der Waals surface area contributed by atoms with Gasteiger partial charge < -0.3 is 10.2 Å². The molecule has 0 radical (unpaired) electrons. The normalized spacial score (nSPS) is 16.8. The van der Waals surface area contributed by atoms with Gasteiger partial charge in [0, 0.05) is 6.54 Å². The molecule has 2 N–H and O–H groups in total. The van der Waals surface area contributed by atoms with E-state index in [9.17, 15) is 9.90 Å². The Labute approximate surface area is 94.1 Å². The minimum absolute atomic E-state index is 0.0911. The second-order valence-corrected chi connectivity index (χ2v) is 4.24. The number of hydrogen-bond donors (Lipinski definition) is 2. The standard InChI is InChI=1S/C12H15NO3/c14-9-12(6-7-12)13(11(15)16)8-10-4-2-1-3-5-10/h1-5,14H,6-9H2,(H,15,16). The molecule has 0 spiro atoms. The number of aliphatic hydroxyl groups excluding tert-OH is 1. The van der Waals surface area contributed by atoms with Crippen LogP contribution in [-0.4, -0.2) is 33.4 Å². The molecule has 0 saturated heterocycles. The molecule has 1 aromatic rings. The predicted molar refractivity (Wildman–Crippen MR) is 59.1 cm³/mol. The summed E-state index contributed by atoms with van der Waals surface area (Å²) < 4.78 is 0. The van der Waals surface area contributed by atoms with E-state index >= 15 is 0 Å². The van der Waals surface area contributed by atoms with E-state index in [0.717, 1.165) is 18.4 Å². The molecule has 0 aliphatic heterocycles. The highest BCUT2D eigenvalue weighted by molar-refractivity contribution is 5.67. The molecule has 86 valence electrons. The average molecular weight is 221 g/mol. The molecule has 1 aromatic carbocycles. The topological polar surface area (TPSA) is 60.8 Å². The van der Waals surface area contributed by atoms with Crippen molar-refractivity contribution < 1.29 is 15.0 Å². The van der Waals surface area contributed by atoms with E-state index in [4.69, 9.17) is 5.11 Å². The fourth-order valence-corrected chi connectivity index (χ4v) is 1.86. The molecule has 0 heterocycles. The first-order valence-corrected chi connectivity index (χ1v) is 5.33. The molecule has 1 aliphatic carbocycles. The summed E-state index contributed by atoms with van der Waals surface area (Å²) in [6.07, 6.45) is 0.543. The van der Waals surface area contributed by atoms with E-state index in [-0.39, 0.29) is 6.61 Å². The number of aliphatic hydroxyl groups is 1. The Balaban J connectivity index is 2.13. The predicted octanol–water partition coefficient (Wildman–Crippen LogP) is 1.69. The highest BCUT2D eigenvalue weighted by Crippen LogP contribution is 2.42. The number of carboxylic acid groups (broad SMARTS) is 1. The van der Waals surface area contributed by atoms with Crippen molar-refractivity contribution in [3.63, 3.8) is 0 Å². The van der Waals surface area contributed by atoms with Crippen molar-refractivity contribution in [3.8, 4) is 0 Å².